The van der Waals surface area contributed by atoms with Gasteiger partial charge in [0.05, 0.1) is 13.2 Å². The highest BCUT2D eigenvalue weighted by Gasteiger charge is 2.10. The number of benzene rings is 1. The number of hydrogen-bond acceptors (Lipinski definition) is 3. The molecular formula is C13H16ClNOS. The molecule has 0 saturated carbocycles. The number of nitrogens with two attached hydrogens (primary N) is 1. The van der Waals surface area contributed by atoms with Crippen molar-refractivity contribution in [2.75, 3.05) is 7.11 Å². The van der Waals surface area contributed by atoms with E-state index in [-0.39, 0.29) is 18.4 Å². The lowest BCUT2D eigenvalue weighted by molar-refractivity contribution is 0.411. The number of ether oxygens (including phenoxy) is 1. The average molecular weight is 270 g/mol. The Morgan fingerprint density at radius 3 is 2.59 bits per heavy atom. The third-order valence-corrected chi connectivity index (χ3v) is 3.58. The van der Waals surface area contributed by atoms with Crippen molar-refractivity contribution in [1.29, 1.82) is 0 Å². The zero-order valence-corrected chi connectivity index (χ0v) is 11.5. The number of rotatable bonds is 3. The normalized spacial score (nSPS) is 11.7. The molecule has 0 aliphatic rings. The SMILES string of the molecule is COc1ccc([C@@H](N)c2cccs2)cc1C.Cl. The summed E-state index contributed by atoms with van der Waals surface area (Å²) < 4.78 is 5.23. The Labute approximate surface area is 112 Å². The van der Waals surface area contributed by atoms with Gasteiger partial charge in [-0.1, -0.05) is 18.2 Å². The number of halogens is 1. The first-order chi connectivity index (χ1) is 7.72. The fourth-order valence-electron chi connectivity index (χ4n) is 1.73. The van der Waals surface area contributed by atoms with Gasteiger partial charge in [-0.25, -0.2) is 0 Å². The molecule has 92 valence electrons. The number of hydrogen-bond donors (Lipinski definition) is 1. The molecule has 4 heteroatoms. The minimum Gasteiger partial charge on any atom is -0.496 e. The lowest BCUT2D eigenvalue weighted by Gasteiger charge is -2.12. The van der Waals surface area contributed by atoms with Crippen molar-refractivity contribution >= 4 is 23.7 Å². The molecule has 2 N–H and O–H groups in total. The van der Waals surface area contributed by atoms with Crippen molar-refractivity contribution in [3.05, 3.63) is 51.7 Å². The summed E-state index contributed by atoms with van der Waals surface area (Å²) in [5, 5.41) is 2.05. The minimum atomic E-state index is -0.0374. The van der Waals surface area contributed by atoms with Gasteiger partial charge >= 0.3 is 0 Å². The molecule has 2 aromatic rings. The molecule has 0 aliphatic carbocycles. The first-order valence-electron chi connectivity index (χ1n) is 5.16. The third-order valence-electron chi connectivity index (χ3n) is 2.63. The zero-order chi connectivity index (χ0) is 11.5. The standard InChI is InChI=1S/C13H15NOS.ClH/c1-9-8-10(5-6-11(9)15-2)13(14)12-4-3-7-16-12;/h3-8,13H,14H2,1-2H3;1H/t13-;/m1./s1. The van der Waals surface area contributed by atoms with E-state index in [4.69, 9.17) is 10.5 Å². The van der Waals surface area contributed by atoms with Crippen molar-refractivity contribution in [1.82, 2.24) is 0 Å². The van der Waals surface area contributed by atoms with Crippen molar-refractivity contribution in [2.24, 2.45) is 5.73 Å². The predicted molar refractivity (Wildman–Crippen MR) is 75.3 cm³/mol. The third kappa shape index (κ3) is 3.00. The molecule has 2 nitrogen and oxygen atoms in total. The summed E-state index contributed by atoms with van der Waals surface area (Å²) in [6, 6.07) is 10.1. The maximum absolute atomic E-state index is 6.19. The van der Waals surface area contributed by atoms with Crippen molar-refractivity contribution in [2.45, 2.75) is 13.0 Å². The Morgan fingerprint density at radius 2 is 2.06 bits per heavy atom. The number of aryl methyl sites for hydroxylation is 1. The van der Waals surface area contributed by atoms with Crippen LogP contribution in [-0.2, 0) is 0 Å². The smallest absolute Gasteiger partial charge is 0.121 e. The fraction of sp³-hybridized carbons (Fsp3) is 0.231. The van der Waals surface area contributed by atoms with E-state index in [0.29, 0.717) is 0 Å². The molecule has 1 atom stereocenters. The Hall–Kier alpha value is -1.03. The second-order valence-corrected chi connectivity index (χ2v) is 4.70. The summed E-state index contributed by atoms with van der Waals surface area (Å²) in [6.45, 7) is 2.03. The van der Waals surface area contributed by atoms with Crippen LogP contribution in [0.15, 0.2) is 35.7 Å². The van der Waals surface area contributed by atoms with Crippen LogP contribution in [0.4, 0.5) is 0 Å². The Bertz CT molecular complexity index is 470. The van der Waals surface area contributed by atoms with Gasteiger partial charge in [0.1, 0.15) is 5.75 Å². The van der Waals surface area contributed by atoms with Crippen LogP contribution in [0.2, 0.25) is 0 Å². The monoisotopic (exact) mass is 269 g/mol. The summed E-state index contributed by atoms with van der Waals surface area (Å²) in [5.41, 5.74) is 8.43. The van der Waals surface area contributed by atoms with Crippen LogP contribution in [0.25, 0.3) is 0 Å². The topological polar surface area (TPSA) is 35.2 Å². The van der Waals surface area contributed by atoms with Gasteiger partial charge < -0.3 is 10.5 Å². The van der Waals surface area contributed by atoms with E-state index in [0.717, 1.165) is 16.9 Å². The second kappa shape index (κ2) is 6.05. The molecule has 17 heavy (non-hydrogen) atoms. The maximum Gasteiger partial charge on any atom is 0.121 e. The molecule has 0 amide bonds. The second-order valence-electron chi connectivity index (χ2n) is 3.72. The van der Waals surface area contributed by atoms with E-state index in [1.165, 1.54) is 4.88 Å². The van der Waals surface area contributed by atoms with Crippen LogP contribution in [-0.4, -0.2) is 7.11 Å². The van der Waals surface area contributed by atoms with E-state index in [9.17, 15) is 0 Å². The fourth-order valence-corrected chi connectivity index (χ4v) is 2.48. The van der Waals surface area contributed by atoms with E-state index in [2.05, 4.69) is 12.1 Å². The van der Waals surface area contributed by atoms with Gasteiger partial charge in [0.15, 0.2) is 0 Å². The summed E-state index contributed by atoms with van der Waals surface area (Å²) in [5.74, 6) is 0.905. The van der Waals surface area contributed by atoms with Crippen LogP contribution in [0.1, 0.15) is 22.0 Å². The molecule has 1 aromatic heterocycles. The van der Waals surface area contributed by atoms with Gasteiger partial charge in [-0.3, -0.25) is 0 Å². The van der Waals surface area contributed by atoms with Crippen LogP contribution in [0.5, 0.6) is 5.75 Å². The molecule has 0 spiro atoms. The minimum absolute atomic E-state index is 0. The first-order valence-corrected chi connectivity index (χ1v) is 6.04. The molecule has 0 radical (unpaired) electrons. The largest absolute Gasteiger partial charge is 0.496 e. The number of thiophene rings is 1. The lowest BCUT2D eigenvalue weighted by atomic mass is 10.0. The highest BCUT2D eigenvalue weighted by molar-refractivity contribution is 7.10. The lowest BCUT2D eigenvalue weighted by Crippen LogP contribution is -2.10. The summed E-state index contributed by atoms with van der Waals surface area (Å²) in [4.78, 5) is 1.18. The van der Waals surface area contributed by atoms with E-state index >= 15 is 0 Å². The molecule has 0 aliphatic heterocycles. The molecular weight excluding hydrogens is 254 g/mol. The molecule has 1 aromatic carbocycles. The van der Waals surface area contributed by atoms with Gasteiger partial charge in [-0.15, -0.1) is 23.7 Å². The molecule has 0 fully saturated rings. The van der Waals surface area contributed by atoms with Crippen molar-refractivity contribution < 1.29 is 4.74 Å². The Balaban J connectivity index is 0.00000144. The van der Waals surface area contributed by atoms with Crippen LogP contribution in [0.3, 0.4) is 0 Å². The molecule has 0 saturated heterocycles. The van der Waals surface area contributed by atoms with Gasteiger partial charge in [0.25, 0.3) is 0 Å². The van der Waals surface area contributed by atoms with E-state index in [1.54, 1.807) is 18.4 Å². The van der Waals surface area contributed by atoms with E-state index < -0.39 is 0 Å². The van der Waals surface area contributed by atoms with Gasteiger partial charge in [0.2, 0.25) is 0 Å². The maximum atomic E-state index is 6.19. The average Bonchev–Trinajstić information content (AvgIpc) is 2.81. The van der Waals surface area contributed by atoms with Gasteiger partial charge in [-0.05, 0) is 35.6 Å². The quantitative estimate of drug-likeness (QED) is 0.925. The van der Waals surface area contributed by atoms with Gasteiger partial charge in [0, 0.05) is 4.88 Å². The predicted octanol–water partition coefficient (Wildman–Crippen LogP) is 3.54. The summed E-state index contributed by atoms with van der Waals surface area (Å²) in [6.07, 6.45) is 0. The number of methoxy groups -OCH3 is 1. The Morgan fingerprint density at radius 1 is 1.29 bits per heavy atom. The zero-order valence-electron chi connectivity index (χ0n) is 9.84. The van der Waals surface area contributed by atoms with Crippen molar-refractivity contribution in [3.63, 3.8) is 0 Å². The first kappa shape index (κ1) is 14.0. The van der Waals surface area contributed by atoms with Gasteiger partial charge in [-0.2, -0.15) is 0 Å². The Kier molecular flexibility index (Phi) is 5.00. The highest BCUT2D eigenvalue weighted by atomic mass is 35.5. The molecule has 0 bridgehead atoms. The summed E-state index contributed by atoms with van der Waals surface area (Å²) in [7, 11) is 1.68. The van der Waals surface area contributed by atoms with E-state index in [1.807, 2.05) is 30.5 Å². The molecule has 0 unspecified atom stereocenters. The summed E-state index contributed by atoms with van der Waals surface area (Å²) >= 11 is 1.69. The van der Waals surface area contributed by atoms with Crippen LogP contribution >= 0.6 is 23.7 Å². The molecule has 1 heterocycles. The van der Waals surface area contributed by atoms with Crippen LogP contribution < -0.4 is 10.5 Å². The highest BCUT2D eigenvalue weighted by Crippen LogP contribution is 2.27. The van der Waals surface area contributed by atoms with Crippen molar-refractivity contribution in [3.8, 4) is 5.75 Å². The van der Waals surface area contributed by atoms with Crippen LogP contribution in [0, 0.1) is 6.92 Å². The molecule has 2 rings (SSSR count).